The Bertz CT molecular complexity index is 607. The highest BCUT2D eigenvalue weighted by Gasteiger charge is 2.15. The van der Waals surface area contributed by atoms with Crippen LogP contribution in [0.25, 0.3) is 0 Å². The van der Waals surface area contributed by atoms with Crippen LogP contribution in [0.3, 0.4) is 0 Å². The molecule has 6 nitrogen and oxygen atoms in total. The minimum Gasteiger partial charge on any atom is -0.370 e. The van der Waals surface area contributed by atoms with E-state index < -0.39 is 9.84 Å². The van der Waals surface area contributed by atoms with Crippen LogP contribution in [0.5, 0.6) is 0 Å². The lowest BCUT2D eigenvalue weighted by Crippen LogP contribution is -2.41. The van der Waals surface area contributed by atoms with Gasteiger partial charge in [0.25, 0.3) is 0 Å². The quantitative estimate of drug-likeness (QED) is 0.644. The third-order valence-electron chi connectivity index (χ3n) is 3.60. The van der Waals surface area contributed by atoms with Gasteiger partial charge in [0.15, 0.2) is 15.8 Å². The summed E-state index contributed by atoms with van der Waals surface area (Å²) in [6.45, 7) is 0.162. The first-order valence-corrected chi connectivity index (χ1v) is 9.06. The van der Waals surface area contributed by atoms with Gasteiger partial charge in [0.1, 0.15) is 0 Å². The molecule has 116 valence electrons. The van der Waals surface area contributed by atoms with Crippen LogP contribution in [0.15, 0.2) is 28.2 Å². The normalized spacial score (nSPS) is 17.7. The number of hydrogen-bond donors (Lipinski definition) is 2. The number of nitrogens with two attached hydrogens (primary N) is 1. The van der Waals surface area contributed by atoms with Gasteiger partial charge in [-0.3, -0.25) is 4.98 Å². The zero-order valence-corrected chi connectivity index (χ0v) is 13.1. The summed E-state index contributed by atoms with van der Waals surface area (Å²) in [7, 11) is -3.30. The minimum atomic E-state index is -3.30. The maximum absolute atomic E-state index is 11.7. The highest BCUT2D eigenvalue weighted by Crippen LogP contribution is 2.17. The molecule has 1 fully saturated rings. The monoisotopic (exact) mass is 310 g/mol. The Kier molecular flexibility index (Phi) is 5.17. The SMILES string of the molecule is CS(=O)(=O)c1cccnc1CN=C(N)NC1CCCCC1. The lowest BCUT2D eigenvalue weighted by atomic mass is 9.96. The van der Waals surface area contributed by atoms with Crippen LogP contribution in [0.2, 0.25) is 0 Å². The van der Waals surface area contributed by atoms with Crippen LogP contribution in [-0.2, 0) is 16.4 Å². The average molecular weight is 310 g/mol. The highest BCUT2D eigenvalue weighted by molar-refractivity contribution is 7.90. The summed E-state index contributed by atoms with van der Waals surface area (Å²) >= 11 is 0. The van der Waals surface area contributed by atoms with E-state index in [-0.39, 0.29) is 11.4 Å². The van der Waals surface area contributed by atoms with Crippen LogP contribution in [0.1, 0.15) is 37.8 Å². The minimum absolute atomic E-state index is 0.162. The van der Waals surface area contributed by atoms with Crippen molar-refractivity contribution in [3.05, 3.63) is 24.0 Å². The summed E-state index contributed by atoms with van der Waals surface area (Å²) < 4.78 is 23.4. The van der Waals surface area contributed by atoms with Crippen LogP contribution < -0.4 is 11.1 Å². The smallest absolute Gasteiger partial charge is 0.189 e. The number of pyridine rings is 1. The second-order valence-electron chi connectivity index (χ2n) is 5.40. The summed E-state index contributed by atoms with van der Waals surface area (Å²) in [4.78, 5) is 8.52. The van der Waals surface area contributed by atoms with Crippen molar-refractivity contribution in [2.75, 3.05) is 6.26 Å². The van der Waals surface area contributed by atoms with Gasteiger partial charge >= 0.3 is 0 Å². The molecule has 2 rings (SSSR count). The molecule has 0 spiro atoms. The van der Waals surface area contributed by atoms with E-state index in [9.17, 15) is 8.42 Å². The number of guanidine groups is 1. The summed E-state index contributed by atoms with van der Waals surface area (Å²) in [6, 6.07) is 3.52. The third kappa shape index (κ3) is 4.70. The molecule has 3 N–H and O–H groups in total. The lowest BCUT2D eigenvalue weighted by Gasteiger charge is -2.23. The molecule has 1 aliphatic rings. The Labute approximate surface area is 125 Å². The second kappa shape index (κ2) is 6.89. The van der Waals surface area contributed by atoms with E-state index in [1.807, 2.05) is 0 Å². The summed E-state index contributed by atoms with van der Waals surface area (Å²) in [5, 5.41) is 3.20. The molecule has 0 atom stereocenters. The van der Waals surface area contributed by atoms with Crippen molar-refractivity contribution in [3.63, 3.8) is 0 Å². The fourth-order valence-electron chi connectivity index (χ4n) is 2.54. The van der Waals surface area contributed by atoms with Crippen molar-refractivity contribution < 1.29 is 8.42 Å². The molecule has 7 heteroatoms. The van der Waals surface area contributed by atoms with E-state index >= 15 is 0 Å². The Balaban J connectivity index is 2.03. The summed E-state index contributed by atoms with van der Waals surface area (Å²) in [5.41, 5.74) is 6.30. The Hall–Kier alpha value is -1.63. The first kappa shape index (κ1) is 15.8. The Morgan fingerprint density at radius 1 is 1.43 bits per heavy atom. The fourth-order valence-corrected chi connectivity index (χ4v) is 3.41. The molecule has 1 heterocycles. The topological polar surface area (TPSA) is 97.4 Å². The molecule has 1 aromatic rings. The van der Waals surface area contributed by atoms with Gasteiger partial charge in [-0.2, -0.15) is 0 Å². The molecular weight excluding hydrogens is 288 g/mol. The van der Waals surface area contributed by atoms with Crippen LogP contribution in [-0.4, -0.2) is 31.7 Å². The predicted molar refractivity (Wildman–Crippen MR) is 82.7 cm³/mol. The first-order chi connectivity index (χ1) is 9.97. The Morgan fingerprint density at radius 2 is 2.14 bits per heavy atom. The van der Waals surface area contributed by atoms with Gasteiger partial charge in [0, 0.05) is 18.5 Å². The van der Waals surface area contributed by atoms with Gasteiger partial charge in [-0.1, -0.05) is 19.3 Å². The predicted octanol–water partition coefficient (Wildman–Crippen LogP) is 1.22. The number of hydrogen-bond acceptors (Lipinski definition) is 4. The molecule has 0 amide bonds. The van der Waals surface area contributed by atoms with Gasteiger partial charge in [-0.15, -0.1) is 0 Å². The number of nitrogens with one attached hydrogen (secondary N) is 1. The van der Waals surface area contributed by atoms with E-state index in [1.165, 1.54) is 31.6 Å². The molecule has 0 saturated heterocycles. The molecule has 0 radical (unpaired) electrons. The molecule has 1 aromatic heterocycles. The third-order valence-corrected chi connectivity index (χ3v) is 4.77. The second-order valence-corrected chi connectivity index (χ2v) is 7.39. The lowest BCUT2D eigenvalue weighted by molar-refractivity contribution is 0.412. The zero-order chi connectivity index (χ0) is 15.3. The maximum Gasteiger partial charge on any atom is 0.189 e. The fraction of sp³-hybridized carbons (Fsp3) is 0.571. The molecule has 1 aliphatic carbocycles. The van der Waals surface area contributed by atoms with Crippen molar-refractivity contribution >= 4 is 15.8 Å². The van der Waals surface area contributed by atoms with Gasteiger partial charge in [-0.25, -0.2) is 13.4 Å². The standard InChI is InChI=1S/C14H22N4O2S/c1-21(19,20)13-8-5-9-16-12(13)10-17-14(15)18-11-6-3-2-4-7-11/h5,8-9,11H,2-4,6-7,10H2,1H3,(H3,15,17,18). The van der Waals surface area contributed by atoms with Crippen LogP contribution in [0, 0.1) is 0 Å². The molecule has 0 bridgehead atoms. The van der Waals surface area contributed by atoms with Crippen LogP contribution in [0.4, 0.5) is 0 Å². The van der Waals surface area contributed by atoms with Crippen LogP contribution >= 0.6 is 0 Å². The van der Waals surface area contributed by atoms with E-state index in [4.69, 9.17) is 5.73 Å². The first-order valence-electron chi connectivity index (χ1n) is 7.17. The van der Waals surface area contributed by atoms with Crippen molar-refractivity contribution in [1.29, 1.82) is 0 Å². The van der Waals surface area contributed by atoms with Gasteiger partial charge in [-0.05, 0) is 25.0 Å². The highest BCUT2D eigenvalue weighted by atomic mass is 32.2. The molecule has 21 heavy (non-hydrogen) atoms. The average Bonchev–Trinajstić information content (AvgIpc) is 2.45. The number of rotatable bonds is 4. The number of nitrogens with zero attached hydrogens (tertiary/aromatic N) is 2. The number of aliphatic imine (C=N–C) groups is 1. The van der Waals surface area contributed by atoms with Crippen molar-refractivity contribution in [1.82, 2.24) is 10.3 Å². The molecule has 0 aliphatic heterocycles. The van der Waals surface area contributed by atoms with Crippen molar-refractivity contribution in [2.45, 2.75) is 49.6 Å². The van der Waals surface area contributed by atoms with E-state index in [1.54, 1.807) is 12.3 Å². The maximum atomic E-state index is 11.7. The molecule has 1 saturated carbocycles. The summed E-state index contributed by atoms with van der Waals surface area (Å²) in [6.07, 6.45) is 8.64. The van der Waals surface area contributed by atoms with Crippen molar-refractivity contribution in [3.8, 4) is 0 Å². The molecular formula is C14H22N4O2S. The summed E-state index contributed by atoms with van der Waals surface area (Å²) in [5.74, 6) is 0.354. The number of aromatic nitrogens is 1. The molecule has 0 aromatic carbocycles. The Morgan fingerprint density at radius 3 is 2.81 bits per heavy atom. The largest absolute Gasteiger partial charge is 0.370 e. The van der Waals surface area contributed by atoms with Gasteiger partial charge in [0.2, 0.25) is 0 Å². The molecule has 0 unspecified atom stereocenters. The number of sulfone groups is 1. The van der Waals surface area contributed by atoms with Gasteiger partial charge < -0.3 is 11.1 Å². The zero-order valence-electron chi connectivity index (χ0n) is 12.2. The van der Waals surface area contributed by atoms with E-state index in [0.29, 0.717) is 17.7 Å². The van der Waals surface area contributed by atoms with E-state index in [2.05, 4.69) is 15.3 Å². The van der Waals surface area contributed by atoms with Crippen molar-refractivity contribution in [2.24, 2.45) is 10.7 Å². The van der Waals surface area contributed by atoms with E-state index in [0.717, 1.165) is 12.8 Å². The van der Waals surface area contributed by atoms with Gasteiger partial charge in [0.05, 0.1) is 17.1 Å².